The smallest absolute Gasteiger partial charge is 0.159 e. The molecular weight excluding hydrogens is 266 g/mol. The monoisotopic (exact) mass is 281 g/mol. The second-order valence-corrected chi connectivity index (χ2v) is 5.75. The van der Waals surface area contributed by atoms with Gasteiger partial charge in [0.05, 0.1) is 6.04 Å². The number of nitrogens with two attached hydrogens (primary N) is 1. The Morgan fingerprint density at radius 2 is 1.85 bits per heavy atom. The zero-order chi connectivity index (χ0) is 13.9. The third kappa shape index (κ3) is 2.50. The summed E-state index contributed by atoms with van der Waals surface area (Å²) in [7, 11) is 0. The van der Waals surface area contributed by atoms with E-state index >= 15 is 0 Å². The SMILES string of the molecule is NC(C(=O)Cc1cccc2ccccc12)c1cccs1. The van der Waals surface area contributed by atoms with E-state index in [2.05, 4.69) is 18.2 Å². The highest BCUT2D eigenvalue weighted by atomic mass is 32.1. The van der Waals surface area contributed by atoms with E-state index in [9.17, 15) is 4.79 Å². The first-order valence-corrected chi connectivity index (χ1v) is 7.42. The standard InChI is InChI=1S/C17H15NOS/c18-17(16-9-4-10-20-16)15(19)11-13-7-3-6-12-5-1-2-8-14(12)13/h1-10,17H,11,18H2. The molecule has 100 valence electrons. The average Bonchev–Trinajstić information content (AvgIpc) is 3.01. The summed E-state index contributed by atoms with van der Waals surface area (Å²) in [6, 6.07) is 17.5. The van der Waals surface area contributed by atoms with Gasteiger partial charge in [-0.3, -0.25) is 4.79 Å². The van der Waals surface area contributed by atoms with Crippen LogP contribution in [0.15, 0.2) is 60.0 Å². The molecule has 0 fully saturated rings. The molecule has 3 aromatic rings. The minimum absolute atomic E-state index is 0.0591. The lowest BCUT2D eigenvalue weighted by molar-refractivity contribution is -0.119. The minimum Gasteiger partial charge on any atom is -0.317 e. The number of carbonyl (C=O) groups excluding carboxylic acids is 1. The van der Waals surface area contributed by atoms with Crippen molar-refractivity contribution in [2.24, 2.45) is 5.73 Å². The van der Waals surface area contributed by atoms with E-state index in [0.29, 0.717) is 6.42 Å². The van der Waals surface area contributed by atoms with Crippen molar-refractivity contribution in [1.82, 2.24) is 0 Å². The van der Waals surface area contributed by atoms with Crippen LogP contribution in [0.1, 0.15) is 16.5 Å². The minimum atomic E-state index is -0.519. The topological polar surface area (TPSA) is 43.1 Å². The Morgan fingerprint density at radius 1 is 1.05 bits per heavy atom. The molecule has 0 bridgehead atoms. The highest BCUT2D eigenvalue weighted by Gasteiger charge is 2.17. The van der Waals surface area contributed by atoms with E-state index in [4.69, 9.17) is 5.73 Å². The number of hydrogen-bond acceptors (Lipinski definition) is 3. The van der Waals surface area contributed by atoms with Gasteiger partial charge in [-0.05, 0) is 27.8 Å². The third-order valence-electron chi connectivity index (χ3n) is 3.44. The van der Waals surface area contributed by atoms with Crippen molar-refractivity contribution in [3.8, 4) is 0 Å². The predicted octanol–water partition coefficient (Wildman–Crippen LogP) is 3.71. The molecule has 0 saturated carbocycles. The fraction of sp³-hybridized carbons (Fsp3) is 0.118. The summed E-state index contributed by atoms with van der Waals surface area (Å²) in [5.74, 6) is 0.0591. The molecule has 0 radical (unpaired) electrons. The number of hydrogen-bond donors (Lipinski definition) is 1. The van der Waals surface area contributed by atoms with E-state index in [1.165, 1.54) is 11.3 Å². The average molecular weight is 281 g/mol. The molecule has 3 rings (SSSR count). The first kappa shape index (κ1) is 13.0. The van der Waals surface area contributed by atoms with Crippen molar-refractivity contribution in [2.75, 3.05) is 0 Å². The highest BCUT2D eigenvalue weighted by molar-refractivity contribution is 7.10. The van der Waals surface area contributed by atoms with E-state index in [0.717, 1.165) is 21.2 Å². The first-order chi connectivity index (χ1) is 9.75. The summed E-state index contributed by atoms with van der Waals surface area (Å²) in [6.45, 7) is 0. The maximum absolute atomic E-state index is 12.3. The van der Waals surface area contributed by atoms with Crippen molar-refractivity contribution in [2.45, 2.75) is 12.5 Å². The largest absolute Gasteiger partial charge is 0.317 e. The van der Waals surface area contributed by atoms with Gasteiger partial charge in [-0.25, -0.2) is 0 Å². The summed E-state index contributed by atoms with van der Waals surface area (Å²) in [5, 5.41) is 4.23. The molecule has 2 aromatic carbocycles. The molecule has 1 heterocycles. The second-order valence-electron chi connectivity index (χ2n) is 4.77. The Labute approximate surface area is 121 Å². The van der Waals surface area contributed by atoms with Crippen LogP contribution >= 0.6 is 11.3 Å². The van der Waals surface area contributed by atoms with Gasteiger partial charge in [0.25, 0.3) is 0 Å². The number of benzene rings is 2. The molecule has 20 heavy (non-hydrogen) atoms. The van der Waals surface area contributed by atoms with Crippen LogP contribution in [0.4, 0.5) is 0 Å². The van der Waals surface area contributed by atoms with Gasteiger partial charge in [-0.1, -0.05) is 48.5 Å². The van der Waals surface area contributed by atoms with Crippen LogP contribution in [0.3, 0.4) is 0 Å². The van der Waals surface area contributed by atoms with E-state index in [-0.39, 0.29) is 5.78 Å². The summed E-state index contributed by atoms with van der Waals surface area (Å²) in [5.41, 5.74) is 7.08. The van der Waals surface area contributed by atoms with Crippen LogP contribution < -0.4 is 5.73 Å². The lowest BCUT2D eigenvalue weighted by atomic mass is 9.98. The zero-order valence-corrected chi connectivity index (χ0v) is 11.8. The van der Waals surface area contributed by atoms with Gasteiger partial charge in [-0.15, -0.1) is 11.3 Å². The second kappa shape index (κ2) is 5.57. The quantitative estimate of drug-likeness (QED) is 0.792. The fourth-order valence-electron chi connectivity index (χ4n) is 2.37. The normalized spacial score (nSPS) is 12.4. The van der Waals surface area contributed by atoms with Crippen LogP contribution in [0, 0.1) is 0 Å². The van der Waals surface area contributed by atoms with Crippen LogP contribution in [0.2, 0.25) is 0 Å². The molecule has 0 aliphatic rings. The summed E-state index contributed by atoms with van der Waals surface area (Å²) in [6.07, 6.45) is 0.375. The zero-order valence-electron chi connectivity index (χ0n) is 11.0. The summed E-state index contributed by atoms with van der Waals surface area (Å²) in [4.78, 5) is 13.3. The maximum atomic E-state index is 12.3. The van der Waals surface area contributed by atoms with Gasteiger partial charge in [0.1, 0.15) is 0 Å². The van der Waals surface area contributed by atoms with Crippen molar-refractivity contribution >= 4 is 27.9 Å². The van der Waals surface area contributed by atoms with Crippen LogP contribution in [-0.4, -0.2) is 5.78 Å². The number of fused-ring (bicyclic) bond motifs is 1. The number of carbonyl (C=O) groups is 1. The van der Waals surface area contributed by atoms with Gasteiger partial charge >= 0.3 is 0 Å². The summed E-state index contributed by atoms with van der Waals surface area (Å²) < 4.78 is 0. The molecule has 1 atom stereocenters. The van der Waals surface area contributed by atoms with Crippen molar-refractivity contribution in [1.29, 1.82) is 0 Å². The Morgan fingerprint density at radius 3 is 2.65 bits per heavy atom. The van der Waals surface area contributed by atoms with Crippen LogP contribution in [-0.2, 0) is 11.2 Å². The van der Waals surface area contributed by atoms with Gasteiger partial charge in [0, 0.05) is 11.3 Å². The molecule has 0 saturated heterocycles. The lowest BCUT2D eigenvalue weighted by Crippen LogP contribution is -2.22. The number of Topliss-reactive ketones (excluding diaryl/α,β-unsaturated/α-hetero) is 1. The molecule has 1 unspecified atom stereocenters. The van der Waals surface area contributed by atoms with Crippen molar-refractivity contribution in [3.05, 3.63) is 70.4 Å². The molecule has 0 amide bonds. The number of rotatable bonds is 4. The molecule has 0 spiro atoms. The van der Waals surface area contributed by atoms with Crippen LogP contribution in [0.25, 0.3) is 10.8 Å². The molecule has 3 heteroatoms. The molecule has 1 aromatic heterocycles. The van der Waals surface area contributed by atoms with Gasteiger partial charge in [0.2, 0.25) is 0 Å². The van der Waals surface area contributed by atoms with E-state index in [1.807, 2.05) is 41.8 Å². The molecule has 0 aliphatic carbocycles. The van der Waals surface area contributed by atoms with E-state index < -0.39 is 6.04 Å². The van der Waals surface area contributed by atoms with Gasteiger partial charge in [0.15, 0.2) is 5.78 Å². The molecular formula is C17H15NOS. The van der Waals surface area contributed by atoms with E-state index in [1.54, 1.807) is 0 Å². The van der Waals surface area contributed by atoms with Crippen molar-refractivity contribution in [3.63, 3.8) is 0 Å². The Hall–Kier alpha value is -1.97. The predicted molar refractivity (Wildman–Crippen MR) is 83.9 cm³/mol. The maximum Gasteiger partial charge on any atom is 0.159 e. The molecule has 2 N–H and O–H groups in total. The third-order valence-corrected chi connectivity index (χ3v) is 4.40. The first-order valence-electron chi connectivity index (χ1n) is 6.54. The molecule has 2 nitrogen and oxygen atoms in total. The Kier molecular flexibility index (Phi) is 3.63. The van der Waals surface area contributed by atoms with Crippen LogP contribution in [0.5, 0.6) is 0 Å². The lowest BCUT2D eigenvalue weighted by Gasteiger charge is -2.10. The van der Waals surface area contributed by atoms with Gasteiger partial charge in [-0.2, -0.15) is 0 Å². The molecule has 0 aliphatic heterocycles. The Balaban J connectivity index is 1.88. The Bertz CT molecular complexity index is 728. The highest BCUT2D eigenvalue weighted by Crippen LogP contribution is 2.23. The summed E-state index contributed by atoms with van der Waals surface area (Å²) >= 11 is 1.53. The number of thiophene rings is 1. The fourth-order valence-corrected chi connectivity index (χ4v) is 3.12. The van der Waals surface area contributed by atoms with Crippen molar-refractivity contribution < 1.29 is 4.79 Å². The van der Waals surface area contributed by atoms with Gasteiger partial charge < -0.3 is 5.73 Å². The number of ketones is 1.